The van der Waals surface area contributed by atoms with Gasteiger partial charge >= 0.3 is 12.6 Å². The Kier molecular flexibility index (Phi) is 7.20. The van der Waals surface area contributed by atoms with Gasteiger partial charge in [0.2, 0.25) is 0 Å². The van der Waals surface area contributed by atoms with E-state index in [0.717, 1.165) is 11.6 Å². The molecule has 0 unspecified atom stereocenters. The van der Waals surface area contributed by atoms with Crippen molar-refractivity contribution in [1.82, 2.24) is 0 Å². The van der Waals surface area contributed by atoms with Gasteiger partial charge in [-0.05, 0) is 60.5 Å². The van der Waals surface area contributed by atoms with Crippen molar-refractivity contribution in [2.45, 2.75) is 17.9 Å². The van der Waals surface area contributed by atoms with Gasteiger partial charge in [-0.3, -0.25) is 9.10 Å². The summed E-state index contributed by atoms with van der Waals surface area (Å²) in [7, 11) is -2.67. The van der Waals surface area contributed by atoms with Gasteiger partial charge in [0, 0.05) is 12.1 Å². The lowest BCUT2D eigenvalue weighted by Gasteiger charge is -2.20. The number of fused-ring (bicyclic) bond motifs is 1. The van der Waals surface area contributed by atoms with Crippen LogP contribution in [0.15, 0.2) is 71.6 Å². The number of ketones is 1. The summed E-state index contributed by atoms with van der Waals surface area (Å²) in [6.07, 6.45) is 0.567. The van der Waals surface area contributed by atoms with Crippen LogP contribution in [0.25, 0.3) is 0 Å². The van der Waals surface area contributed by atoms with E-state index in [0.29, 0.717) is 12.1 Å². The summed E-state index contributed by atoms with van der Waals surface area (Å²) in [6, 6.07) is 15.9. The second kappa shape index (κ2) is 10.3. The van der Waals surface area contributed by atoms with Crippen molar-refractivity contribution in [1.29, 1.82) is 0 Å². The van der Waals surface area contributed by atoms with Crippen LogP contribution in [0.2, 0.25) is 0 Å². The maximum absolute atomic E-state index is 13.3. The second-order valence-electron chi connectivity index (χ2n) is 7.72. The number of rotatable bonds is 9. The summed E-state index contributed by atoms with van der Waals surface area (Å²) in [6.45, 7) is -3.39. The third-order valence-electron chi connectivity index (χ3n) is 5.56. The average Bonchev–Trinajstić information content (AvgIpc) is 3.32. The molecule has 1 aliphatic rings. The summed E-state index contributed by atoms with van der Waals surface area (Å²) >= 11 is 0. The molecule has 188 valence electrons. The zero-order chi connectivity index (χ0) is 25.9. The number of benzene rings is 3. The highest BCUT2D eigenvalue weighted by molar-refractivity contribution is 7.92. The summed E-state index contributed by atoms with van der Waals surface area (Å²) in [5.41, 5.74) is 1.43. The molecule has 0 aliphatic carbocycles. The normalized spacial score (nSPS) is 12.8. The Bertz CT molecular complexity index is 1390. The molecule has 3 aromatic rings. The number of sulfonamides is 1. The molecule has 0 bridgehead atoms. The van der Waals surface area contributed by atoms with Gasteiger partial charge in [0.1, 0.15) is 17.1 Å². The van der Waals surface area contributed by atoms with Crippen LogP contribution in [-0.2, 0) is 21.2 Å². The van der Waals surface area contributed by atoms with Crippen molar-refractivity contribution in [3.63, 3.8) is 0 Å². The molecule has 36 heavy (non-hydrogen) atoms. The number of alkyl halides is 2. The van der Waals surface area contributed by atoms with Gasteiger partial charge in [-0.1, -0.05) is 18.2 Å². The fourth-order valence-electron chi connectivity index (χ4n) is 3.81. The highest BCUT2D eigenvalue weighted by Gasteiger charge is 2.32. The SMILES string of the molecule is COc1ccc(S(=O)(=O)N2CCc3ccccc32)cc1C(=O)OCC(=O)c1ccc(OC(F)F)cc1. The molecular weight excluding hydrogens is 496 g/mol. The maximum Gasteiger partial charge on any atom is 0.387 e. The number of methoxy groups -OCH3 is 1. The Balaban J connectivity index is 1.51. The van der Waals surface area contributed by atoms with Gasteiger partial charge in [0.05, 0.1) is 17.7 Å². The smallest absolute Gasteiger partial charge is 0.387 e. The monoisotopic (exact) mass is 517 g/mol. The lowest BCUT2D eigenvalue weighted by Crippen LogP contribution is -2.29. The van der Waals surface area contributed by atoms with Crippen molar-refractivity contribution in [2.24, 2.45) is 0 Å². The van der Waals surface area contributed by atoms with Crippen LogP contribution in [0.3, 0.4) is 0 Å². The minimum atomic E-state index is -3.98. The fourth-order valence-corrected chi connectivity index (χ4v) is 5.34. The Morgan fingerprint density at radius 2 is 1.75 bits per heavy atom. The Morgan fingerprint density at radius 3 is 2.44 bits per heavy atom. The van der Waals surface area contributed by atoms with E-state index in [4.69, 9.17) is 9.47 Å². The molecule has 3 aromatic carbocycles. The van der Waals surface area contributed by atoms with Gasteiger partial charge in [0.25, 0.3) is 10.0 Å². The highest BCUT2D eigenvalue weighted by atomic mass is 32.2. The van der Waals surface area contributed by atoms with E-state index in [2.05, 4.69) is 4.74 Å². The van der Waals surface area contributed by atoms with E-state index >= 15 is 0 Å². The van der Waals surface area contributed by atoms with Crippen LogP contribution < -0.4 is 13.8 Å². The topological polar surface area (TPSA) is 99.2 Å². The predicted octanol–water partition coefficient (Wildman–Crippen LogP) is 4.09. The van der Waals surface area contributed by atoms with Gasteiger partial charge < -0.3 is 14.2 Å². The quantitative estimate of drug-likeness (QED) is 0.311. The molecule has 4 rings (SSSR count). The van der Waals surface area contributed by atoms with E-state index in [1.54, 1.807) is 12.1 Å². The number of hydrogen-bond acceptors (Lipinski definition) is 7. The largest absolute Gasteiger partial charge is 0.496 e. The van der Waals surface area contributed by atoms with E-state index in [-0.39, 0.29) is 34.1 Å². The van der Waals surface area contributed by atoms with Crippen molar-refractivity contribution in [2.75, 3.05) is 24.6 Å². The molecule has 0 radical (unpaired) electrons. The Labute approximate surface area is 206 Å². The zero-order valence-corrected chi connectivity index (χ0v) is 19.8. The van der Waals surface area contributed by atoms with E-state index in [9.17, 15) is 26.8 Å². The molecule has 0 saturated heterocycles. The van der Waals surface area contributed by atoms with Crippen LogP contribution in [0.1, 0.15) is 26.3 Å². The number of para-hydroxylation sites is 1. The number of hydrogen-bond donors (Lipinski definition) is 0. The molecule has 0 spiro atoms. The number of nitrogens with zero attached hydrogens (tertiary/aromatic N) is 1. The van der Waals surface area contributed by atoms with Crippen molar-refractivity contribution in [3.8, 4) is 11.5 Å². The molecular formula is C25H21F2NO7S. The molecule has 1 aliphatic heterocycles. The Morgan fingerprint density at radius 1 is 1.03 bits per heavy atom. The fraction of sp³-hybridized carbons (Fsp3) is 0.200. The van der Waals surface area contributed by atoms with Crippen molar-refractivity contribution < 1.29 is 41.0 Å². The third kappa shape index (κ3) is 5.15. The molecule has 11 heteroatoms. The van der Waals surface area contributed by atoms with Crippen LogP contribution in [0.4, 0.5) is 14.5 Å². The first-order valence-electron chi connectivity index (χ1n) is 10.7. The summed E-state index contributed by atoms with van der Waals surface area (Å²) in [5.74, 6) is -1.61. The number of carbonyl (C=O) groups is 2. The molecule has 0 amide bonds. The lowest BCUT2D eigenvalue weighted by molar-refractivity contribution is -0.0498. The summed E-state index contributed by atoms with van der Waals surface area (Å²) < 4.78 is 67.0. The number of carbonyl (C=O) groups excluding carboxylic acids is 2. The summed E-state index contributed by atoms with van der Waals surface area (Å²) in [4.78, 5) is 25.0. The molecule has 0 saturated carbocycles. The third-order valence-corrected chi connectivity index (χ3v) is 7.37. The van der Waals surface area contributed by atoms with E-state index in [1.807, 2.05) is 12.1 Å². The molecule has 8 nitrogen and oxygen atoms in total. The minimum Gasteiger partial charge on any atom is -0.496 e. The first kappa shape index (κ1) is 25.1. The van der Waals surface area contributed by atoms with Crippen LogP contribution in [0.5, 0.6) is 11.5 Å². The van der Waals surface area contributed by atoms with Crippen molar-refractivity contribution in [3.05, 3.63) is 83.4 Å². The number of esters is 1. The molecule has 0 fully saturated rings. The molecule has 1 heterocycles. The van der Waals surface area contributed by atoms with Crippen LogP contribution >= 0.6 is 0 Å². The first-order valence-corrected chi connectivity index (χ1v) is 12.2. The van der Waals surface area contributed by atoms with Crippen molar-refractivity contribution >= 4 is 27.5 Å². The first-order chi connectivity index (χ1) is 17.2. The predicted molar refractivity (Wildman–Crippen MR) is 125 cm³/mol. The number of ether oxygens (including phenoxy) is 3. The summed E-state index contributed by atoms with van der Waals surface area (Å²) in [5, 5.41) is 0. The number of Topliss-reactive ketones (excluding diaryl/α,β-unsaturated/α-hetero) is 1. The maximum atomic E-state index is 13.3. The number of halogens is 2. The van der Waals surface area contributed by atoms with Crippen LogP contribution in [-0.4, -0.2) is 47.0 Å². The van der Waals surface area contributed by atoms with Gasteiger partial charge in [-0.15, -0.1) is 0 Å². The molecule has 0 atom stereocenters. The van der Waals surface area contributed by atoms with Crippen LogP contribution in [0, 0.1) is 0 Å². The molecule has 0 N–H and O–H groups in total. The average molecular weight is 518 g/mol. The molecule has 0 aromatic heterocycles. The lowest BCUT2D eigenvalue weighted by atomic mass is 10.1. The van der Waals surface area contributed by atoms with E-state index < -0.39 is 35.0 Å². The zero-order valence-electron chi connectivity index (χ0n) is 19.0. The van der Waals surface area contributed by atoms with Gasteiger partial charge in [-0.2, -0.15) is 8.78 Å². The van der Waals surface area contributed by atoms with Gasteiger partial charge in [-0.25, -0.2) is 13.2 Å². The minimum absolute atomic E-state index is 0.0710. The second-order valence-corrected chi connectivity index (χ2v) is 9.58. The Hall–Kier alpha value is -3.99. The number of anilines is 1. The highest BCUT2D eigenvalue weighted by Crippen LogP contribution is 2.34. The van der Waals surface area contributed by atoms with E-state index in [1.165, 1.54) is 47.8 Å². The van der Waals surface area contributed by atoms with Gasteiger partial charge in [0.15, 0.2) is 12.4 Å². The standard InChI is InChI=1S/C25H21F2NO7S/c1-33-23-11-10-19(36(31,32)28-13-12-16-4-2-3-5-21(16)28)14-20(23)24(30)34-15-22(29)17-6-8-18(9-7-17)35-25(26)27/h2-11,14,25H,12-13,15H2,1H3.